The number of aromatic nitrogens is 1. The summed E-state index contributed by atoms with van der Waals surface area (Å²) >= 11 is 5.92. The number of nitrogens with zero attached hydrogens (tertiary/aromatic N) is 2. The molecule has 3 aromatic rings. The van der Waals surface area contributed by atoms with E-state index in [9.17, 15) is 9.59 Å². The molecule has 2 amide bonds. The van der Waals surface area contributed by atoms with Crippen molar-refractivity contribution in [3.63, 3.8) is 0 Å². The molecule has 0 spiro atoms. The summed E-state index contributed by atoms with van der Waals surface area (Å²) in [6, 6.07) is 17.5. The van der Waals surface area contributed by atoms with Crippen molar-refractivity contribution in [2.75, 3.05) is 12.0 Å². The van der Waals surface area contributed by atoms with Crippen LogP contribution in [0.1, 0.15) is 57.5 Å². The number of carbonyl (C=O) groups is 2. The topological polar surface area (TPSA) is 83.6 Å². The van der Waals surface area contributed by atoms with Crippen LogP contribution in [-0.4, -0.2) is 42.0 Å². The van der Waals surface area contributed by atoms with Gasteiger partial charge in [0.1, 0.15) is 11.6 Å². The van der Waals surface area contributed by atoms with Crippen LogP contribution in [0.25, 0.3) is 0 Å². The highest BCUT2D eigenvalue weighted by Gasteiger charge is 2.42. The molecular weight excluding hydrogens is 488 g/mol. The molecule has 0 saturated carbocycles. The Kier molecular flexibility index (Phi) is 7.33. The molecule has 2 aromatic carbocycles. The molecule has 3 heterocycles. The molecular formula is C29H31ClN4O3. The normalized spacial score (nSPS) is 20.4. The first-order chi connectivity index (χ1) is 17.9. The smallest absolute Gasteiger partial charge is 0.253 e. The van der Waals surface area contributed by atoms with Crippen LogP contribution in [0.2, 0.25) is 5.02 Å². The first-order valence-electron chi connectivity index (χ1n) is 12.6. The van der Waals surface area contributed by atoms with E-state index in [-0.39, 0.29) is 17.9 Å². The number of ether oxygens (including phenoxy) is 1. The molecule has 2 aliphatic rings. The first kappa shape index (κ1) is 25.1. The fraction of sp³-hybridized carbons (Fsp3) is 0.345. The lowest BCUT2D eigenvalue weighted by atomic mass is 9.96. The quantitative estimate of drug-likeness (QED) is 0.464. The standard InChI is InChI=1S/C29H31ClN4O3/c1-18-25(4-3-5-26(18)37-2)29(36)33-22-14-23-11-12-24(15-22)34(23)27-13-8-20(17-31-27)28(35)32-16-19-6-9-21(30)10-7-19/h3-10,13,17,22-24H,11-12,14-16H2,1-2H3,(H,32,35)(H,33,36). The Morgan fingerprint density at radius 1 is 1.03 bits per heavy atom. The van der Waals surface area contributed by atoms with E-state index in [1.807, 2.05) is 61.5 Å². The Hall–Kier alpha value is -3.58. The van der Waals surface area contributed by atoms with E-state index in [2.05, 4.69) is 20.5 Å². The molecule has 2 unspecified atom stereocenters. The summed E-state index contributed by atoms with van der Waals surface area (Å²) in [6.07, 6.45) is 5.53. The maximum atomic E-state index is 13.0. The van der Waals surface area contributed by atoms with Gasteiger partial charge >= 0.3 is 0 Å². The largest absolute Gasteiger partial charge is 0.496 e. The number of hydrogen-bond donors (Lipinski definition) is 2. The van der Waals surface area contributed by atoms with Gasteiger partial charge in [0.05, 0.1) is 12.7 Å². The lowest BCUT2D eigenvalue weighted by molar-refractivity contribution is 0.0923. The molecule has 192 valence electrons. The van der Waals surface area contributed by atoms with E-state index in [4.69, 9.17) is 16.3 Å². The van der Waals surface area contributed by atoms with E-state index in [1.54, 1.807) is 13.3 Å². The summed E-state index contributed by atoms with van der Waals surface area (Å²) in [5.74, 6) is 1.39. The highest BCUT2D eigenvalue weighted by Crippen LogP contribution is 2.38. The molecule has 37 heavy (non-hydrogen) atoms. The van der Waals surface area contributed by atoms with Crippen molar-refractivity contribution in [2.45, 2.75) is 57.3 Å². The van der Waals surface area contributed by atoms with Crippen LogP contribution in [0.5, 0.6) is 5.75 Å². The molecule has 1 aromatic heterocycles. The lowest BCUT2D eigenvalue weighted by Gasteiger charge is -2.40. The van der Waals surface area contributed by atoms with Crippen LogP contribution in [0.4, 0.5) is 5.82 Å². The molecule has 8 heteroatoms. The number of pyridine rings is 1. The predicted octanol–water partition coefficient (Wildman–Crippen LogP) is 4.91. The molecule has 0 aliphatic carbocycles. The second-order valence-electron chi connectivity index (χ2n) is 9.78. The summed E-state index contributed by atoms with van der Waals surface area (Å²) in [6.45, 7) is 2.34. The lowest BCUT2D eigenvalue weighted by Crippen LogP contribution is -2.50. The van der Waals surface area contributed by atoms with Crippen molar-refractivity contribution in [1.29, 1.82) is 0 Å². The molecule has 2 saturated heterocycles. The number of fused-ring (bicyclic) bond motifs is 2. The van der Waals surface area contributed by atoms with Crippen molar-refractivity contribution < 1.29 is 14.3 Å². The van der Waals surface area contributed by atoms with Gasteiger partial charge in [-0.1, -0.05) is 29.8 Å². The summed E-state index contributed by atoms with van der Waals surface area (Å²) in [4.78, 5) is 32.6. The van der Waals surface area contributed by atoms with E-state index in [0.29, 0.717) is 34.8 Å². The van der Waals surface area contributed by atoms with Gasteiger partial charge in [-0.15, -0.1) is 0 Å². The number of methoxy groups -OCH3 is 1. The molecule has 7 nitrogen and oxygen atoms in total. The summed E-state index contributed by atoms with van der Waals surface area (Å²) < 4.78 is 5.37. The Balaban J connectivity index is 1.19. The second-order valence-corrected chi connectivity index (χ2v) is 10.2. The highest BCUT2D eigenvalue weighted by atomic mass is 35.5. The van der Waals surface area contributed by atoms with Crippen molar-refractivity contribution >= 4 is 29.2 Å². The third kappa shape index (κ3) is 5.42. The van der Waals surface area contributed by atoms with Crippen molar-refractivity contribution in [1.82, 2.24) is 15.6 Å². The van der Waals surface area contributed by atoms with Crippen molar-refractivity contribution in [2.24, 2.45) is 0 Å². The molecule has 2 aliphatic heterocycles. The zero-order valence-electron chi connectivity index (χ0n) is 21.0. The number of carbonyl (C=O) groups excluding carboxylic acids is 2. The van der Waals surface area contributed by atoms with Crippen LogP contribution >= 0.6 is 11.6 Å². The summed E-state index contributed by atoms with van der Waals surface area (Å²) in [7, 11) is 1.62. The molecule has 0 radical (unpaired) electrons. The number of piperidine rings is 1. The monoisotopic (exact) mass is 518 g/mol. The average molecular weight is 519 g/mol. The van der Waals surface area contributed by atoms with E-state index >= 15 is 0 Å². The van der Waals surface area contributed by atoms with Gasteiger partial charge in [-0.25, -0.2) is 4.98 Å². The average Bonchev–Trinajstić information content (AvgIpc) is 3.18. The van der Waals surface area contributed by atoms with E-state index in [1.165, 1.54) is 0 Å². The fourth-order valence-corrected chi connectivity index (χ4v) is 5.70. The van der Waals surface area contributed by atoms with Gasteiger partial charge < -0.3 is 20.3 Å². The van der Waals surface area contributed by atoms with E-state index in [0.717, 1.165) is 48.4 Å². The maximum absolute atomic E-state index is 13.0. The highest BCUT2D eigenvalue weighted by molar-refractivity contribution is 6.30. The Bertz CT molecular complexity index is 1270. The fourth-order valence-electron chi connectivity index (χ4n) is 5.57. The number of nitrogens with one attached hydrogen (secondary N) is 2. The first-order valence-corrected chi connectivity index (χ1v) is 13.0. The second kappa shape index (κ2) is 10.8. The van der Waals surface area contributed by atoms with Gasteiger partial charge in [-0.3, -0.25) is 9.59 Å². The van der Waals surface area contributed by atoms with Crippen LogP contribution in [0.3, 0.4) is 0 Å². The maximum Gasteiger partial charge on any atom is 0.253 e. The summed E-state index contributed by atoms with van der Waals surface area (Å²) in [5, 5.41) is 6.85. The van der Waals surface area contributed by atoms with Crippen LogP contribution in [0.15, 0.2) is 60.8 Å². The van der Waals surface area contributed by atoms with Gasteiger partial charge in [0.25, 0.3) is 11.8 Å². The van der Waals surface area contributed by atoms with Crippen LogP contribution < -0.4 is 20.3 Å². The molecule has 2 atom stereocenters. The number of rotatable bonds is 7. The number of halogens is 1. The summed E-state index contributed by atoms with van der Waals surface area (Å²) in [5.41, 5.74) is 3.02. The third-order valence-corrected chi connectivity index (χ3v) is 7.71. The number of anilines is 1. The van der Waals surface area contributed by atoms with Crippen molar-refractivity contribution in [3.8, 4) is 5.75 Å². The van der Waals surface area contributed by atoms with Crippen LogP contribution in [-0.2, 0) is 6.54 Å². The van der Waals surface area contributed by atoms with Crippen molar-refractivity contribution in [3.05, 3.63) is 88.1 Å². The zero-order valence-corrected chi connectivity index (χ0v) is 21.8. The zero-order chi connectivity index (χ0) is 25.9. The minimum absolute atomic E-state index is 0.0543. The SMILES string of the molecule is COc1cccc(C(=O)NC2CC3CCC(C2)N3c2ccc(C(=O)NCc3ccc(Cl)cc3)cn2)c1C. The van der Waals surface area contributed by atoms with Crippen LogP contribution in [0, 0.1) is 6.92 Å². The molecule has 5 rings (SSSR count). The number of amides is 2. The Morgan fingerprint density at radius 2 is 1.76 bits per heavy atom. The Morgan fingerprint density at radius 3 is 2.41 bits per heavy atom. The Labute approximate surface area is 222 Å². The number of hydrogen-bond acceptors (Lipinski definition) is 5. The molecule has 2 bridgehead atoms. The van der Waals surface area contributed by atoms with Gasteiger partial charge in [-0.2, -0.15) is 0 Å². The molecule has 2 N–H and O–H groups in total. The van der Waals surface area contributed by atoms with Gasteiger partial charge in [-0.05, 0) is 74.6 Å². The third-order valence-electron chi connectivity index (χ3n) is 7.46. The van der Waals surface area contributed by atoms with Gasteiger partial charge in [0.15, 0.2) is 0 Å². The molecule has 2 fully saturated rings. The van der Waals surface area contributed by atoms with Gasteiger partial charge in [0.2, 0.25) is 0 Å². The van der Waals surface area contributed by atoms with E-state index < -0.39 is 0 Å². The predicted molar refractivity (Wildman–Crippen MR) is 144 cm³/mol. The number of benzene rings is 2. The minimum Gasteiger partial charge on any atom is -0.496 e. The van der Waals surface area contributed by atoms with Gasteiger partial charge in [0, 0.05) is 47.0 Å². The minimum atomic E-state index is -0.161.